The van der Waals surface area contributed by atoms with E-state index in [1.165, 1.54) is 18.2 Å². The number of nitriles is 2. The second-order valence-electron chi connectivity index (χ2n) is 11.8. The van der Waals surface area contributed by atoms with Crippen LogP contribution in [0.25, 0.3) is 11.0 Å². The predicted octanol–water partition coefficient (Wildman–Crippen LogP) is 6.91. The van der Waals surface area contributed by atoms with Crippen molar-refractivity contribution < 1.29 is 28.2 Å². The van der Waals surface area contributed by atoms with Crippen molar-refractivity contribution in [2.75, 3.05) is 13.1 Å². The summed E-state index contributed by atoms with van der Waals surface area (Å²) in [6.07, 6.45) is 5.81. The van der Waals surface area contributed by atoms with Gasteiger partial charge in [-0.3, -0.25) is 9.69 Å². The molecule has 1 fully saturated rings. The third kappa shape index (κ3) is 9.05. The van der Waals surface area contributed by atoms with E-state index < -0.39 is 17.6 Å². The maximum atomic E-state index is 14.5. The van der Waals surface area contributed by atoms with Crippen molar-refractivity contribution in [3.05, 3.63) is 88.7 Å². The maximum absolute atomic E-state index is 14.5. The van der Waals surface area contributed by atoms with E-state index in [2.05, 4.69) is 15.5 Å². The van der Waals surface area contributed by atoms with E-state index in [1.54, 1.807) is 12.1 Å². The summed E-state index contributed by atoms with van der Waals surface area (Å²) in [5.41, 5.74) is 2.93. The van der Waals surface area contributed by atoms with Crippen molar-refractivity contribution in [2.24, 2.45) is 0 Å². The summed E-state index contributed by atoms with van der Waals surface area (Å²) in [6, 6.07) is 18.0. The van der Waals surface area contributed by atoms with E-state index in [4.69, 9.17) is 25.0 Å². The fourth-order valence-electron chi connectivity index (χ4n) is 5.86. The quantitative estimate of drug-likeness (QED) is 0.139. The van der Waals surface area contributed by atoms with Gasteiger partial charge in [-0.1, -0.05) is 18.9 Å². The molecule has 3 aromatic carbocycles. The van der Waals surface area contributed by atoms with Gasteiger partial charge < -0.3 is 19.1 Å². The molecule has 0 aliphatic carbocycles. The van der Waals surface area contributed by atoms with E-state index >= 15 is 0 Å². The normalized spacial score (nSPS) is 13.7. The van der Waals surface area contributed by atoms with Crippen molar-refractivity contribution in [1.29, 1.82) is 10.5 Å². The average Bonchev–Trinajstić information content (AvgIpc) is 3.39. The van der Waals surface area contributed by atoms with E-state index in [9.17, 15) is 18.7 Å². The second-order valence-corrected chi connectivity index (χ2v) is 11.8. The molecule has 5 rings (SSSR count). The molecule has 9 nitrogen and oxygen atoms in total. The first-order valence-electron chi connectivity index (χ1n) is 15.9. The smallest absolute Gasteiger partial charge is 0.307 e. The highest BCUT2D eigenvalue weighted by Gasteiger charge is 2.23. The average molecular weight is 642 g/mol. The maximum Gasteiger partial charge on any atom is 0.307 e. The van der Waals surface area contributed by atoms with E-state index in [1.807, 2.05) is 24.3 Å². The third-order valence-electron chi connectivity index (χ3n) is 8.33. The molecule has 1 saturated heterocycles. The molecule has 11 heteroatoms. The van der Waals surface area contributed by atoms with Crippen molar-refractivity contribution in [1.82, 2.24) is 14.5 Å². The van der Waals surface area contributed by atoms with Gasteiger partial charge in [-0.05, 0) is 79.8 Å². The van der Waals surface area contributed by atoms with Crippen molar-refractivity contribution in [3.63, 3.8) is 0 Å². The Morgan fingerprint density at radius 1 is 0.979 bits per heavy atom. The van der Waals surface area contributed by atoms with Gasteiger partial charge in [0.1, 0.15) is 30.1 Å². The van der Waals surface area contributed by atoms with Gasteiger partial charge in [0.25, 0.3) is 0 Å². The van der Waals surface area contributed by atoms with Gasteiger partial charge in [-0.15, -0.1) is 0 Å². The summed E-state index contributed by atoms with van der Waals surface area (Å²) in [7, 11) is 0. The number of fused-ring (bicyclic) bond motifs is 1. The molecule has 0 spiro atoms. The number of carbonyl (C=O) groups is 1. The molecule has 0 saturated carbocycles. The molecule has 0 radical (unpaired) electrons. The van der Waals surface area contributed by atoms with Crippen LogP contribution < -0.4 is 9.47 Å². The Bertz CT molecular complexity index is 1790. The molecular weight excluding hydrogens is 604 g/mol. The summed E-state index contributed by atoms with van der Waals surface area (Å²) < 4.78 is 42.7. The lowest BCUT2D eigenvalue weighted by atomic mass is 10.1. The second kappa shape index (κ2) is 16.0. The number of hydrogen-bond donors (Lipinski definition) is 1. The molecule has 0 unspecified atom stereocenters. The lowest BCUT2D eigenvalue weighted by Crippen LogP contribution is -2.38. The number of benzene rings is 3. The minimum absolute atomic E-state index is 0.0453. The Balaban J connectivity index is 1.19. The number of rotatable bonds is 15. The van der Waals surface area contributed by atoms with Crippen LogP contribution >= 0.6 is 0 Å². The predicted molar refractivity (Wildman–Crippen MR) is 171 cm³/mol. The van der Waals surface area contributed by atoms with Crippen LogP contribution in [-0.2, 0) is 30.9 Å². The summed E-state index contributed by atoms with van der Waals surface area (Å²) in [5.74, 6) is -0.660. The number of hydrogen-bond acceptors (Lipinski definition) is 7. The first-order valence-corrected chi connectivity index (χ1v) is 15.9. The molecule has 1 aromatic heterocycles. The zero-order valence-electron chi connectivity index (χ0n) is 26.1. The number of halogens is 2. The monoisotopic (exact) mass is 641 g/mol. The van der Waals surface area contributed by atoms with Crippen LogP contribution in [-0.4, -0.2) is 44.7 Å². The van der Waals surface area contributed by atoms with Crippen LogP contribution in [0.15, 0.2) is 54.6 Å². The number of unbranched alkanes of at least 4 members (excludes halogenated alkanes) is 4. The minimum atomic E-state index is -0.873. The van der Waals surface area contributed by atoms with Crippen molar-refractivity contribution >= 4 is 17.0 Å². The van der Waals surface area contributed by atoms with E-state index in [0.29, 0.717) is 18.7 Å². The van der Waals surface area contributed by atoms with Gasteiger partial charge in [0.05, 0.1) is 41.7 Å². The molecular formula is C36H37F2N5O4. The Kier molecular flexibility index (Phi) is 11.4. The number of ether oxygens (including phenoxy) is 2. The summed E-state index contributed by atoms with van der Waals surface area (Å²) in [6.45, 7) is 2.78. The fraction of sp³-hybridized carbons (Fsp3) is 0.389. The molecule has 1 N–H and O–H groups in total. The number of aliphatic carboxylic acids is 1. The molecule has 0 atom stereocenters. The molecule has 1 aliphatic heterocycles. The van der Waals surface area contributed by atoms with Crippen LogP contribution in [0.1, 0.15) is 67.5 Å². The number of carboxylic acid groups (broad SMARTS) is 1. The van der Waals surface area contributed by atoms with Crippen LogP contribution in [0.5, 0.6) is 11.5 Å². The largest absolute Gasteiger partial charge is 0.490 e. The van der Waals surface area contributed by atoms with Gasteiger partial charge in [0, 0.05) is 31.6 Å². The zero-order valence-corrected chi connectivity index (χ0v) is 26.1. The standard InChI is InChI=1S/C36H37F2N5O4/c37-30-9-8-29(21-27(30)24-46-34-11-7-26(22-40)18-31(34)38)47-28-12-16-42(17-13-28)23-35-41-32-10-6-25(20-36(44)45)19-33(32)43(35)15-5-3-1-2-4-14-39/h6-11,18-19,21,28H,1-5,12-13,15-17,20,23-24H2,(H,44,45). The minimum Gasteiger partial charge on any atom is -0.490 e. The molecule has 47 heavy (non-hydrogen) atoms. The molecule has 0 amide bonds. The van der Waals surface area contributed by atoms with E-state index in [-0.39, 0.29) is 36.0 Å². The zero-order chi connectivity index (χ0) is 33.2. The Morgan fingerprint density at radius 2 is 1.79 bits per heavy atom. The summed E-state index contributed by atoms with van der Waals surface area (Å²) in [4.78, 5) is 18.6. The number of nitrogens with zero attached hydrogens (tertiary/aromatic N) is 5. The number of piperidine rings is 1. The number of carboxylic acids is 1. The molecule has 2 heterocycles. The van der Waals surface area contributed by atoms with Crippen molar-refractivity contribution in [3.8, 4) is 23.6 Å². The third-order valence-corrected chi connectivity index (χ3v) is 8.33. The number of aromatic nitrogens is 2. The number of likely N-dealkylation sites (tertiary alicyclic amines) is 1. The first-order chi connectivity index (χ1) is 22.8. The topological polar surface area (TPSA) is 124 Å². The first kappa shape index (κ1) is 33.4. The SMILES string of the molecule is N#CCCCCCCn1c(CN2CCC(Oc3ccc(F)c(COc4ccc(C#N)cc4F)c3)CC2)nc2ccc(CC(=O)O)cc21. The Morgan fingerprint density at radius 3 is 2.53 bits per heavy atom. The highest BCUT2D eigenvalue weighted by molar-refractivity contribution is 5.79. The van der Waals surface area contributed by atoms with Gasteiger partial charge in [0.2, 0.25) is 0 Å². The van der Waals surface area contributed by atoms with Gasteiger partial charge >= 0.3 is 5.97 Å². The summed E-state index contributed by atoms with van der Waals surface area (Å²) in [5, 5.41) is 27.0. The molecule has 244 valence electrons. The number of aryl methyl sites for hydroxylation is 1. The molecule has 0 bridgehead atoms. The Hall–Kier alpha value is -5.00. The van der Waals surface area contributed by atoms with Crippen LogP contribution in [0.4, 0.5) is 8.78 Å². The highest BCUT2D eigenvalue weighted by Crippen LogP contribution is 2.26. The lowest BCUT2D eigenvalue weighted by Gasteiger charge is -2.32. The highest BCUT2D eigenvalue weighted by atomic mass is 19.1. The van der Waals surface area contributed by atoms with Gasteiger partial charge in [0.15, 0.2) is 11.6 Å². The van der Waals surface area contributed by atoms with E-state index in [0.717, 1.165) is 86.6 Å². The summed E-state index contributed by atoms with van der Waals surface area (Å²) >= 11 is 0. The van der Waals surface area contributed by atoms with Crippen molar-refractivity contribution in [2.45, 2.75) is 77.2 Å². The van der Waals surface area contributed by atoms with Crippen LogP contribution in [0.2, 0.25) is 0 Å². The Labute approximate surface area is 272 Å². The fourth-order valence-corrected chi connectivity index (χ4v) is 5.86. The van der Waals surface area contributed by atoms with Crippen LogP contribution in [0.3, 0.4) is 0 Å². The molecule has 4 aromatic rings. The number of imidazole rings is 1. The van der Waals surface area contributed by atoms with Crippen LogP contribution in [0, 0.1) is 34.3 Å². The van der Waals surface area contributed by atoms with Gasteiger partial charge in [-0.2, -0.15) is 10.5 Å². The van der Waals surface area contributed by atoms with Gasteiger partial charge in [-0.25, -0.2) is 13.8 Å². The lowest BCUT2D eigenvalue weighted by molar-refractivity contribution is -0.136. The molecule has 1 aliphatic rings.